The molecule has 0 unspecified atom stereocenters. The van der Waals surface area contributed by atoms with Crippen LogP contribution in [-0.2, 0) is 16.0 Å². The Balaban J connectivity index is 1.90. The van der Waals surface area contributed by atoms with Crippen LogP contribution in [0.2, 0.25) is 0 Å². The fourth-order valence-corrected chi connectivity index (χ4v) is 7.19. The van der Waals surface area contributed by atoms with Crippen molar-refractivity contribution in [2.45, 2.75) is 100 Å². The maximum Gasteiger partial charge on any atom is 0.306 e. The lowest BCUT2D eigenvalue weighted by atomic mass is 9.83. The van der Waals surface area contributed by atoms with E-state index in [2.05, 4.69) is 74.3 Å². The van der Waals surface area contributed by atoms with Crippen LogP contribution in [0.15, 0.2) is 33.7 Å². The van der Waals surface area contributed by atoms with Crippen molar-refractivity contribution in [1.82, 2.24) is 20.6 Å². The maximum absolute atomic E-state index is 12.2. The van der Waals surface area contributed by atoms with Crippen LogP contribution in [-0.4, -0.2) is 45.2 Å². The Hall–Kier alpha value is -3.94. The van der Waals surface area contributed by atoms with Gasteiger partial charge in [-0.25, -0.2) is 0 Å². The van der Waals surface area contributed by atoms with E-state index in [1.54, 1.807) is 13.8 Å². The topological polar surface area (TPSA) is 130 Å². The monoisotopic (exact) mass is 616 g/mol. The number of nitrogens with one attached hydrogen (secondary N) is 4. The first kappa shape index (κ1) is 33.9. The molecule has 0 saturated carbocycles. The van der Waals surface area contributed by atoms with Gasteiger partial charge in [0.1, 0.15) is 0 Å². The van der Waals surface area contributed by atoms with Gasteiger partial charge in [0.25, 0.3) is 0 Å². The molecule has 0 amide bonds. The minimum atomic E-state index is -0.827. The summed E-state index contributed by atoms with van der Waals surface area (Å²) in [7, 11) is 0. The molecule has 0 spiro atoms. The lowest BCUT2D eigenvalue weighted by Crippen LogP contribution is -2.19. The largest absolute Gasteiger partial charge is 0.481 e. The predicted octanol–water partition coefficient (Wildman–Crippen LogP) is 7.54. The van der Waals surface area contributed by atoms with Gasteiger partial charge in [-0.2, -0.15) is 0 Å². The van der Waals surface area contributed by atoms with Crippen molar-refractivity contribution in [2.24, 2.45) is 11.8 Å². The first-order valence-electron chi connectivity index (χ1n) is 16.4. The molecule has 2 aliphatic rings. The first-order valence-corrected chi connectivity index (χ1v) is 16.4. The van der Waals surface area contributed by atoms with Gasteiger partial charge in [0.15, 0.2) is 0 Å². The van der Waals surface area contributed by atoms with E-state index in [0.717, 1.165) is 82.4 Å². The zero-order chi connectivity index (χ0) is 33.3. The third-order valence-electron chi connectivity index (χ3n) is 10.4. The first-order chi connectivity index (χ1) is 21.2. The number of carbonyl (C=O) groups is 2. The van der Waals surface area contributed by atoms with Crippen LogP contribution < -0.4 is 10.6 Å². The number of hydrogen-bond acceptors (Lipinski definition) is 4. The Morgan fingerprint density at radius 3 is 1.36 bits per heavy atom. The Morgan fingerprint density at radius 2 is 1.04 bits per heavy atom. The number of rotatable bonds is 12. The molecule has 4 rings (SSSR count). The van der Waals surface area contributed by atoms with Gasteiger partial charge in [-0.15, -0.1) is 0 Å². The second-order valence-electron chi connectivity index (χ2n) is 13.2. The fraction of sp³-hybridized carbons (Fsp3) is 0.514. The predicted molar refractivity (Wildman–Crippen MR) is 182 cm³/mol. The molecule has 4 atom stereocenters. The summed E-state index contributed by atoms with van der Waals surface area (Å²) < 4.78 is 0. The van der Waals surface area contributed by atoms with Crippen molar-refractivity contribution in [3.8, 4) is 0 Å². The third-order valence-corrected chi connectivity index (χ3v) is 10.4. The number of carboxylic acid groups (broad SMARTS) is 2. The second kappa shape index (κ2) is 13.6. The summed E-state index contributed by atoms with van der Waals surface area (Å²) >= 11 is 0. The zero-order valence-electron chi connectivity index (χ0n) is 28.7. The minimum absolute atomic E-state index is 0.236. The van der Waals surface area contributed by atoms with Crippen molar-refractivity contribution < 1.29 is 19.8 Å². The Morgan fingerprint density at radius 1 is 0.689 bits per heavy atom. The minimum Gasteiger partial charge on any atom is -0.481 e. The van der Waals surface area contributed by atoms with Crippen molar-refractivity contribution in [1.29, 1.82) is 0 Å². The van der Waals surface area contributed by atoms with E-state index >= 15 is 0 Å². The van der Waals surface area contributed by atoms with Crippen molar-refractivity contribution in [3.63, 3.8) is 0 Å². The van der Waals surface area contributed by atoms with E-state index in [1.165, 1.54) is 22.3 Å². The quantitative estimate of drug-likeness (QED) is 0.146. The molecule has 0 bridgehead atoms. The normalized spacial score (nSPS) is 19.7. The fourth-order valence-electron chi connectivity index (χ4n) is 7.19. The molecule has 8 nitrogen and oxygen atoms in total. The van der Waals surface area contributed by atoms with Crippen LogP contribution >= 0.6 is 0 Å². The van der Waals surface area contributed by atoms with Crippen LogP contribution in [0.1, 0.15) is 125 Å². The lowest BCUT2D eigenvalue weighted by molar-refractivity contribution is -0.142. The molecule has 244 valence electrons. The summed E-state index contributed by atoms with van der Waals surface area (Å²) in [4.78, 5) is 31.7. The average molecular weight is 617 g/mol. The molecule has 2 aromatic rings. The molecule has 0 saturated heterocycles. The molecule has 4 heterocycles. The summed E-state index contributed by atoms with van der Waals surface area (Å²) in [5.41, 5.74) is 15.5. The number of allylic oxidation sites excluding steroid dienone is 2. The standard InChI is InChI=1S/C37H52N4O4/c1-11-26-18(3)16-38-30(26)13-28-24(9)34(20(5)22(7)36(42)43)32(40-28)15-33-35(21(6)23(8)37(44)45)25(10)29(41-33)14-31-27(12-2)19(4)17-39-31/h13-14,20-23,38-41H,11-12,15-17H2,1-10H3,(H,42,43)(H,44,45)/b30-13-,31-14+/t20-,21-,22+,23+/m0/s1. The molecule has 2 aliphatic heterocycles. The van der Waals surface area contributed by atoms with Gasteiger partial charge in [-0.3, -0.25) is 9.59 Å². The van der Waals surface area contributed by atoms with Crippen LogP contribution in [0, 0.1) is 25.7 Å². The van der Waals surface area contributed by atoms with E-state index in [0.29, 0.717) is 6.42 Å². The summed E-state index contributed by atoms with van der Waals surface area (Å²) in [6, 6.07) is 0. The summed E-state index contributed by atoms with van der Waals surface area (Å²) in [6.07, 6.45) is 6.69. The van der Waals surface area contributed by atoms with Crippen molar-refractivity contribution in [3.05, 3.63) is 78.7 Å². The Kier molecular flexibility index (Phi) is 10.3. The second-order valence-corrected chi connectivity index (χ2v) is 13.2. The van der Waals surface area contributed by atoms with Gasteiger partial charge < -0.3 is 30.8 Å². The molecule has 45 heavy (non-hydrogen) atoms. The van der Waals surface area contributed by atoms with Gasteiger partial charge in [0.2, 0.25) is 0 Å². The van der Waals surface area contributed by atoms with Crippen LogP contribution in [0.5, 0.6) is 0 Å². The molecule has 0 aromatic carbocycles. The highest BCUT2D eigenvalue weighted by molar-refractivity contribution is 5.73. The Labute approximate surface area is 268 Å². The highest BCUT2D eigenvalue weighted by Crippen LogP contribution is 2.39. The summed E-state index contributed by atoms with van der Waals surface area (Å²) in [5, 5.41) is 27.0. The lowest BCUT2D eigenvalue weighted by Gasteiger charge is -2.20. The van der Waals surface area contributed by atoms with Gasteiger partial charge in [0, 0.05) is 53.7 Å². The molecular weight excluding hydrogens is 564 g/mol. The molecule has 6 N–H and O–H groups in total. The number of aliphatic carboxylic acids is 2. The zero-order valence-corrected chi connectivity index (χ0v) is 28.7. The Bertz CT molecular complexity index is 1490. The highest BCUT2D eigenvalue weighted by Gasteiger charge is 2.31. The number of carboxylic acids is 2. The molecule has 2 aromatic heterocycles. The van der Waals surface area contributed by atoms with E-state index in [4.69, 9.17) is 0 Å². The van der Waals surface area contributed by atoms with Gasteiger partial charge in [-0.05, 0) is 109 Å². The number of aromatic nitrogens is 2. The van der Waals surface area contributed by atoms with Crippen molar-refractivity contribution in [2.75, 3.05) is 13.1 Å². The van der Waals surface area contributed by atoms with E-state index in [9.17, 15) is 19.8 Å². The molecule has 0 fully saturated rings. The number of H-pyrrole nitrogens is 2. The van der Waals surface area contributed by atoms with E-state index in [-0.39, 0.29) is 11.8 Å². The summed E-state index contributed by atoms with van der Waals surface area (Å²) in [6.45, 7) is 22.0. The van der Waals surface area contributed by atoms with Gasteiger partial charge in [0.05, 0.1) is 11.8 Å². The van der Waals surface area contributed by atoms with Crippen LogP contribution in [0.3, 0.4) is 0 Å². The SMILES string of the molecule is CCC1=C(C)CN/C1=C\c1[nH]c(Cc2[nH]c(/C=C3/NCC(C)=C3CC)c(C)c2[C@@H](C)[C@@H](C)C(=O)O)c([C@@H](C)[C@@H](C)C(=O)O)c1C. The molecule has 0 radical (unpaired) electrons. The van der Waals surface area contributed by atoms with E-state index in [1.807, 2.05) is 13.8 Å². The average Bonchev–Trinajstić information content (AvgIpc) is 3.71. The summed E-state index contributed by atoms with van der Waals surface area (Å²) in [5.74, 6) is -3.29. The van der Waals surface area contributed by atoms with Crippen LogP contribution in [0.25, 0.3) is 12.2 Å². The van der Waals surface area contributed by atoms with Crippen LogP contribution in [0.4, 0.5) is 0 Å². The smallest absolute Gasteiger partial charge is 0.306 e. The van der Waals surface area contributed by atoms with E-state index < -0.39 is 23.8 Å². The maximum atomic E-state index is 12.2. The highest BCUT2D eigenvalue weighted by atomic mass is 16.4. The van der Waals surface area contributed by atoms with Gasteiger partial charge in [-0.1, -0.05) is 41.5 Å². The number of hydrogen-bond donors (Lipinski definition) is 6. The molecule has 8 heteroatoms. The number of aromatic amines is 2. The van der Waals surface area contributed by atoms with Gasteiger partial charge >= 0.3 is 11.9 Å². The molecular formula is C37H52N4O4. The molecule has 0 aliphatic carbocycles. The van der Waals surface area contributed by atoms with Crippen molar-refractivity contribution >= 4 is 24.1 Å². The third kappa shape index (κ3) is 6.56.